The third-order valence-corrected chi connectivity index (χ3v) is 4.08. The Bertz CT molecular complexity index is 302. The van der Waals surface area contributed by atoms with Crippen molar-refractivity contribution in [3.8, 4) is 0 Å². The lowest BCUT2D eigenvalue weighted by Crippen LogP contribution is -2.18. The minimum Gasteiger partial charge on any atom is -0.299 e. The SMILES string of the molecule is CC1CCCC1C(=O)Cc1cccs1. The van der Waals surface area contributed by atoms with E-state index in [1.165, 1.54) is 17.7 Å². The molecule has 1 aliphatic rings. The average Bonchev–Trinajstić information content (AvgIpc) is 2.75. The van der Waals surface area contributed by atoms with Crippen molar-refractivity contribution < 1.29 is 4.79 Å². The number of hydrogen-bond acceptors (Lipinski definition) is 2. The molecule has 76 valence electrons. The molecule has 1 saturated carbocycles. The maximum absolute atomic E-state index is 11.9. The summed E-state index contributed by atoms with van der Waals surface area (Å²) in [4.78, 5) is 13.1. The van der Waals surface area contributed by atoms with Crippen LogP contribution in [0.15, 0.2) is 17.5 Å². The van der Waals surface area contributed by atoms with E-state index < -0.39 is 0 Å². The summed E-state index contributed by atoms with van der Waals surface area (Å²) in [7, 11) is 0. The van der Waals surface area contributed by atoms with Crippen molar-refractivity contribution in [3.63, 3.8) is 0 Å². The van der Waals surface area contributed by atoms with E-state index in [9.17, 15) is 4.79 Å². The lowest BCUT2D eigenvalue weighted by molar-refractivity contribution is -0.123. The third-order valence-electron chi connectivity index (χ3n) is 3.20. The molecule has 0 aliphatic heterocycles. The molecule has 2 rings (SSSR count). The molecule has 0 saturated heterocycles. The predicted molar refractivity (Wildman–Crippen MR) is 59.5 cm³/mol. The number of Topliss-reactive ketones (excluding diaryl/α,β-unsaturated/α-hetero) is 1. The summed E-state index contributed by atoms with van der Waals surface area (Å²) in [5.74, 6) is 1.41. The summed E-state index contributed by atoms with van der Waals surface area (Å²) in [5.41, 5.74) is 0. The smallest absolute Gasteiger partial charge is 0.141 e. The summed E-state index contributed by atoms with van der Waals surface area (Å²) in [6.45, 7) is 2.21. The largest absolute Gasteiger partial charge is 0.299 e. The molecule has 0 N–H and O–H groups in total. The fourth-order valence-corrected chi connectivity index (χ4v) is 3.05. The Balaban J connectivity index is 1.95. The molecule has 2 heteroatoms. The van der Waals surface area contributed by atoms with Gasteiger partial charge in [0.05, 0.1) is 0 Å². The van der Waals surface area contributed by atoms with Gasteiger partial charge in [-0.25, -0.2) is 0 Å². The molecule has 14 heavy (non-hydrogen) atoms. The molecule has 1 aromatic heterocycles. The lowest BCUT2D eigenvalue weighted by Gasteiger charge is -2.12. The Hall–Kier alpha value is -0.630. The highest BCUT2D eigenvalue weighted by Gasteiger charge is 2.29. The molecule has 0 spiro atoms. The second-order valence-electron chi connectivity index (χ2n) is 4.24. The summed E-state index contributed by atoms with van der Waals surface area (Å²) >= 11 is 1.69. The monoisotopic (exact) mass is 208 g/mol. The first kappa shape index (κ1) is 9.91. The van der Waals surface area contributed by atoms with Gasteiger partial charge in [-0.2, -0.15) is 0 Å². The van der Waals surface area contributed by atoms with E-state index in [0.717, 1.165) is 6.42 Å². The second kappa shape index (κ2) is 4.26. The topological polar surface area (TPSA) is 17.1 Å². The summed E-state index contributed by atoms with van der Waals surface area (Å²) in [6.07, 6.45) is 4.25. The van der Waals surface area contributed by atoms with Crippen LogP contribution in [0.5, 0.6) is 0 Å². The zero-order valence-corrected chi connectivity index (χ0v) is 9.35. The van der Waals surface area contributed by atoms with E-state index in [1.807, 2.05) is 11.4 Å². The summed E-state index contributed by atoms with van der Waals surface area (Å²) in [6, 6.07) is 4.08. The number of thiophene rings is 1. The number of hydrogen-bond donors (Lipinski definition) is 0. The molecule has 0 aromatic carbocycles. The van der Waals surface area contributed by atoms with Gasteiger partial charge in [-0.15, -0.1) is 11.3 Å². The first-order chi connectivity index (χ1) is 6.77. The van der Waals surface area contributed by atoms with E-state index in [1.54, 1.807) is 11.3 Å². The second-order valence-corrected chi connectivity index (χ2v) is 5.27. The molecule has 2 atom stereocenters. The Morgan fingerprint density at radius 2 is 2.43 bits per heavy atom. The van der Waals surface area contributed by atoms with Gasteiger partial charge in [0, 0.05) is 17.2 Å². The van der Waals surface area contributed by atoms with Crippen molar-refractivity contribution >= 4 is 17.1 Å². The number of rotatable bonds is 3. The molecular weight excluding hydrogens is 192 g/mol. The molecule has 1 fully saturated rings. The quantitative estimate of drug-likeness (QED) is 0.745. The maximum Gasteiger partial charge on any atom is 0.141 e. The fourth-order valence-electron chi connectivity index (χ4n) is 2.34. The van der Waals surface area contributed by atoms with Crippen LogP contribution in [0.25, 0.3) is 0 Å². The molecule has 1 aliphatic carbocycles. The van der Waals surface area contributed by atoms with Crippen molar-refractivity contribution in [2.45, 2.75) is 32.6 Å². The van der Waals surface area contributed by atoms with Crippen molar-refractivity contribution in [1.29, 1.82) is 0 Å². The Labute approximate surface area is 89.1 Å². The molecule has 2 unspecified atom stereocenters. The lowest BCUT2D eigenvalue weighted by atomic mass is 9.92. The third kappa shape index (κ3) is 2.06. The van der Waals surface area contributed by atoms with E-state index in [0.29, 0.717) is 24.0 Å². The standard InChI is InChI=1S/C12H16OS/c1-9-4-2-6-11(9)12(13)8-10-5-3-7-14-10/h3,5,7,9,11H,2,4,6,8H2,1H3. The Kier molecular flexibility index (Phi) is 3.02. The van der Waals surface area contributed by atoms with Crippen molar-refractivity contribution in [2.75, 3.05) is 0 Å². The van der Waals surface area contributed by atoms with Gasteiger partial charge in [0.1, 0.15) is 5.78 Å². The van der Waals surface area contributed by atoms with Gasteiger partial charge in [-0.05, 0) is 30.2 Å². The first-order valence-electron chi connectivity index (χ1n) is 5.32. The van der Waals surface area contributed by atoms with Gasteiger partial charge in [-0.3, -0.25) is 4.79 Å². The van der Waals surface area contributed by atoms with Gasteiger partial charge in [0.25, 0.3) is 0 Å². The molecule has 0 radical (unpaired) electrons. The van der Waals surface area contributed by atoms with Crippen LogP contribution >= 0.6 is 11.3 Å². The zero-order chi connectivity index (χ0) is 9.97. The molecule has 0 amide bonds. The normalized spacial score (nSPS) is 26.6. The van der Waals surface area contributed by atoms with Crippen LogP contribution in [0, 0.1) is 11.8 Å². The van der Waals surface area contributed by atoms with Crippen LogP contribution in [0.3, 0.4) is 0 Å². The Morgan fingerprint density at radius 1 is 1.57 bits per heavy atom. The van der Waals surface area contributed by atoms with Gasteiger partial charge in [0.2, 0.25) is 0 Å². The highest BCUT2D eigenvalue weighted by molar-refractivity contribution is 7.10. The zero-order valence-electron chi connectivity index (χ0n) is 8.53. The van der Waals surface area contributed by atoms with Crippen LogP contribution in [0.4, 0.5) is 0 Å². The van der Waals surface area contributed by atoms with Crippen LogP contribution in [-0.4, -0.2) is 5.78 Å². The maximum atomic E-state index is 11.9. The van der Waals surface area contributed by atoms with E-state index in [2.05, 4.69) is 13.0 Å². The molecule has 1 heterocycles. The number of ketones is 1. The number of carbonyl (C=O) groups excluding carboxylic acids is 1. The molecule has 1 nitrogen and oxygen atoms in total. The van der Waals surface area contributed by atoms with Crippen LogP contribution in [0.1, 0.15) is 31.1 Å². The number of carbonyl (C=O) groups is 1. The van der Waals surface area contributed by atoms with Crippen molar-refractivity contribution in [1.82, 2.24) is 0 Å². The van der Waals surface area contributed by atoms with Crippen molar-refractivity contribution in [3.05, 3.63) is 22.4 Å². The van der Waals surface area contributed by atoms with Crippen LogP contribution < -0.4 is 0 Å². The summed E-state index contributed by atoms with van der Waals surface area (Å²) < 4.78 is 0. The fraction of sp³-hybridized carbons (Fsp3) is 0.583. The minimum atomic E-state index is 0.345. The minimum absolute atomic E-state index is 0.345. The summed E-state index contributed by atoms with van der Waals surface area (Å²) in [5, 5.41) is 2.04. The van der Waals surface area contributed by atoms with Gasteiger partial charge >= 0.3 is 0 Å². The van der Waals surface area contributed by atoms with E-state index in [-0.39, 0.29) is 0 Å². The molecule has 0 bridgehead atoms. The van der Waals surface area contributed by atoms with Gasteiger partial charge in [-0.1, -0.05) is 19.4 Å². The average molecular weight is 208 g/mol. The van der Waals surface area contributed by atoms with E-state index in [4.69, 9.17) is 0 Å². The predicted octanol–water partition coefficient (Wildman–Crippen LogP) is 3.30. The van der Waals surface area contributed by atoms with Crippen LogP contribution in [-0.2, 0) is 11.2 Å². The van der Waals surface area contributed by atoms with Gasteiger partial charge in [0.15, 0.2) is 0 Å². The first-order valence-corrected chi connectivity index (χ1v) is 6.20. The Morgan fingerprint density at radius 3 is 3.00 bits per heavy atom. The van der Waals surface area contributed by atoms with E-state index >= 15 is 0 Å². The van der Waals surface area contributed by atoms with Gasteiger partial charge < -0.3 is 0 Å². The highest BCUT2D eigenvalue weighted by atomic mass is 32.1. The van der Waals surface area contributed by atoms with Crippen molar-refractivity contribution in [2.24, 2.45) is 11.8 Å². The van der Waals surface area contributed by atoms with Crippen LogP contribution in [0.2, 0.25) is 0 Å². The highest BCUT2D eigenvalue weighted by Crippen LogP contribution is 2.32. The molecular formula is C12H16OS. The molecule has 1 aromatic rings.